The van der Waals surface area contributed by atoms with Gasteiger partial charge >= 0.3 is 0 Å². The number of carbonyl (C=O) groups is 1. The molecular formula is C12H20N4O3S. The lowest BCUT2D eigenvalue weighted by Gasteiger charge is -2.15. The fourth-order valence-corrected chi connectivity index (χ4v) is 3.93. The van der Waals surface area contributed by atoms with E-state index in [2.05, 4.69) is 10.6 Å². The van der Waals surface area contributed by atoms with Gasteiger partial charge in [0.15, 0.2) is 0 Å². The van der Waals surface area contributed by atoms with Crippen molar-refractivity contribution >= 4 is 15.9 Å². The van der Waals surface area contributed by atoms with Crippen LogP contribution in [-0.2, 0) is 17.1 Å². The Bertz CT molecular complexity index is 608. The molecule has 112 valence electrons. The molecule has 1 fully saturated rings. The van der Waals surface area contributed by atoms with Gasteiger partial charge in [0.05, 0.1) is 0 Å². The molecule has 20 heavy (non-hydrogen) atoms. The lowest BCUT2D eigenvalue weighted by atomic mass is 10.3. The zero-order valence-corrected chi connectivity index (χ0v) is 12.7. The highest BCUT2D eigenvalue weighted by atomic mass is 32.2. The van der Waals surface area contributed by atoms with E-state index in [-0.39, 0.29) is 16.8 Å². The van der Waals surface area contributed by atoms with Crippen LogP contribution in [0.4, 0.5) is 0 Å². The lowest BCUT2D eigenvalue weighted by molar-refractivity contribution is 0.0955. The highest BCUT2D eigenvalue weighted by Crippen LogP contribution is 2.22. The molecule has 1 unspecified atom stereocenters. The van der Waals surface area contributed by atoms with Gasteiger partial charge in [-0.1, -0.05) is 0 Å². The maximum Gasteiger partial charge on any atom is 0.267 e. The van der Waals surface area contributed by atoms with Crippen LogP contribution < -0.4 is 10.6 Å². The van der Waals surface area contributed by atoms with E-state index in [0.717, 1.165) is 6.42 Å². The van der Waals surface area contributed by atoms with Gasteiger partial charge < -0.3 is 15.2 Å². The fourth-order valence-electron chi connectivity index (χ4n) is 2.36. The molecule has 0 bridgehead atoms. The van der Waals surface area contributed by atoms with E-state index >= 15 is 0 Å². The van der Waals surface area contributed by atoms with E-state index in [0.29, 0.717) is 18.8 Å². The third kappa shape index (κ3) is 2.58. The molecule has 1 aromatic rings. The molecule has 1 aromatic heterocycles. The van der Waals surface area contributed by atoms with Crippen molar-refractivity contribution in [3.8, 4) is 0 Å². The van der Waals surface area contributed by atoms with Crippen LogP contribution in [0.2, 0.25) is 0 Å². The van der Waals surface area contributed by atoms with Crippen molar-refractivity contribution in [1.29, 1.82) is 0 Å². The van der Waals surface area contributed by atoms with Gasteiger partial charge in [-0.15, -0.1) is 0 Å². The summed E-state index contributed by atoms with van der Waals surface area (Å²) in [5.74, 6) is -0.302. The monoisotopic (exact) mass is 300 g/mol. The van der Waals surface area contributed by atoms with E-state index in [1.165, 1.54) is 28.2 Å². The first-order chi connectivity index (χ1) is 9.40. The molecular weight excluding hydrogens is 280 g/mol. The molecule has 1 aliphatic rings. The number of hydrogen-bond donors (Lipinski definition) is 2. The Kier molecular flexibility index (Phi) is 4.17. The molecule has 1 atom stereocenters. The molecule has 0 aliphatic carbocycles. The number of carbonyl (C=O) groups excluding carboxylic acids is 1. The molecule has 0 radical (unpaired) electrons. The number of rotatable bonds is 4. The van der Waals surface area contributed by atoms with Crippen LogP contribution in [0.5, 0.6) is 0 Å². The van der Waals surface area contributed by atoms with Gasteiger partial charge in [-0.25, -0.2) is 8.42 Å². The van der Waals surface area contributed by atoms with Crippen LogP contribution in [-0.4, -0.2) is 56.4 Å². The van der Waals surface area contributed by atoms with Crippen molar-refractivity contribution in [3.63, 3.8) is 0 Å². The average Bonchev–Trinajstić information content (AvgIpc) is 3.04. The zero-order valence-electron chi connectivity index (χ0n) is 11.9. The molecule has 2 heterocycles. The maximum absolute atomic E-state index is 12.5. The van der Waals surface area contributed by atoms with E-state index < -0.39 is 10.0 Å². The highest BCUT2D eigenvalue weighted by molar-refractivity contribution is 7.89. The van der Waals surface area contributed by atoms with E-state index in [1.807, 2.05) is 7.05 Å². The first kappa shape index (κ1) is 15.0. The minimum Gasteiger partial charge on any atom is -0.354 e. The Balaban J connectivity index is 2.29. The summed E-state index contributed by atoms with van der Waals surface area (Å²) >= 11 is 0. The predicted octanol–water partition coefficient (Wildman–Crippen LogP) is -0.633. The Morgan fingerprint density at radius 1 is 1.40 bits per heavy atom. The van der Waals surface area contributed by atoms with Crippen LogP contribution in [0.15, 0.2) is 17.2 Å². The van der Waals surface area contributed by atoms with Crippen LogP contribution in [0.25, 0.3) is 0 Å². The maximum atomic E-state index is 12.5. The highest BCUT2D eigenvalue weighted by Gasteiger charge is 2.33. The molecule has 2 N–H and O–H groups in total. The van der Waals surface area contributed by atoms with E-state index in [1.54, 1.807) is 7.05 Å². The lowest BCUT2D eigenvalue weighted by Crippen LogP contribution is -2.33. The SMILES string of the molecule is CNC(=O)c1cc(S(=O)(=O)N2CCC(NC)C2)cn1C. The summed E-state index contributed by atoms with van der Waals surface area (Å²) in [6.45, 7) is 0.959. The van der Waals surface area contributed by atoms with Crippen molar-refractivity contribution in [1.82, 2.24) is 19.5 Å². The first-order valence-corrected chi connectivity index (χ1v) is 7.90. The summed E-state index contributed by atoms with van der Waals surface area (Å²) in [5, 5.41) is 5.58. The van der Waals surface area contributed by atoms with Gasteiger partial charge in [-0.3, -0.25) is 4.79 Å². The van der Waals surface area contributed by atoms with Gasteiger partial charge in [0.2, 0.25) is 10.0 Å². The Labute approximate surface area is 119 Å². The van der Waals surface area contributed by atoms with Crippen LogP contribution in [0.1, 0.15) is 16.9 Å². The Morgan fingerprint density at radius 3 is 2.65 bits per heavy atom. The van der Waals surface area contributed by atoms with Gasteiger partial charge in [0.1, 0.15) is 10.6 Å². The summed E-state index contributed by atoms with van der Waals surface area (Å²) < 4.78 is 28.0. The quantitative estimate of drug-likeness (QED) is 0.775. The largest absolute Gasteiger partial charge is 0.354 e. The van der Waals surface area contributed by atoms with Crippen molar-refractivity contribution in [2.24, 2.45) is 7.05 Å². The summed E-state index contributed by atoms with van der Waals surface area (Å²) in [6.07, 6.45) is 2.28. The van der Waals surface area contributed by atoms with Crippen molar-refractivity contribution < 1.29 is 13.2 Å². The average molecular weight is 300 g/mol. The summed E-state index contributed by atoms with van der Waals surface area (Å²) in [7, 11) is 1.47. The van der Waals surface area contributed by atoms with Crippen LogP contribution >= 0.6 is 0 Å². The minimum absolute atomic E-state index is 0.162. The normalized spacial score (nSPS) is 20.2. The van der Waals surface area contributed by atoms with Crippen molar-refractivity contribution in [2.75, 3.05) is 27.2 Å². The number of aromatic nitrogens is 1. The first-order valence-electron chi connectivity index (χ1n) is 6.46. The number of aryl methyl sites for hydroxylation is 1. The number of amides is 1. The number of likely N-dealkylation sites (N-methyl/N-ethyl adjacent to an activating group) is 1. The zero-order chi connectivity index (χ0) is 14.9. The van der Waals surface area contributed by atoms with Gasteiger partial charge in [0.25, 0.3) is 5.91 Å². The second-order valence-corrected chi connectivity index (χ2v) is 6.83. The minimum atomic E-state index is -3.53. The molecule has 2 rings (SSSR count). The Morgan fingerprint density at radius 2 is 2.10 bits per heavy atom. The van der Waals surface area contributed by atoms with E-state index in [4.69, 9.17) is 0 Å². The second kappa shape index (κ2) is 5.55. The number of nitrogens with one attached hydrogen (secondary N) is 2. The Hall–Kier alpha value is -1.38. The van der Waals surface area contributed by atoms with E-state index in [9.17, 15) is 13.2 Å². The predicted molar refractivity (Wildman–Crippen MR) is 75.0 cm³/mol. The van der Waals surface area contributed by atoms with Crippen LogP contribution in [0, 0.1) is 0 Å². The summed E-state index contributed by atoms with van der Waals surface area (Å²) in [6, 6.07) is 1.60. The smallest absolute Gasteiger partial charge is 0.267 e. The third-order valence-electron chi connectivity index (χ3n) is 3.64. The molecule has 1 saturated heterocycles. The molecule has 7 nitrogen and oxygen atoms in total. The van der Waals surface area contributed by atoms with Gasteiger partial charge in [-0.2, -0.15) is 4.31 Å². The molecule has 1 amide bonds. The fraction of sp³-hybridized carbons (Fsp3) is 0.583. The summed E-state index contributed by atoms with van der Waals surface area (Å²) in [5.41, 5.74) is 0.329. The molecule has 8 heteroatoms. The number of nitrogens with zero attached hydrogens (tertiary/aromatic N) is 2. The molecule has 0 aromatic carbocycles. The third-order valence-corrected chi connectivity index (χ3v) is 5.47. The second-order valence-electron chi connectivity index (χ2n) is 4.89. The molecule has 1 aliphatic heterocycles. The number of hydrogen-bond acceptors (Lipinski definition) is 4. The van der Waals surface area contributed by atoms with Gasteiger partial charge in [0, 0.05) is 39.4 Å². The molecule has 0 saturated carbocycles. The topological polar surface area (TPSA) is 83.4 Å². The molecule has 0 spiro atoms. The van der Waals surface area contributed by atoms with Crippen LogP contribution in [0.3, 0.4) is 0 Å². The summed E-state index contributed by atoms with van der Waals surface area (Å²) in [4.78, 5) is 11.8. The van der Waals surface area contributed by atoms with Crippen molar-refractivity contribution in [3.05, 3.63) is 18.0 Å². The number of sulfonamides is 1. The standard InChI is InChI=1S/C12H20N4O3S/c1-13-9-4-5-16(7-9)20(18,19)10-6-11(12(17)14-2)15(3)8-10/h6,8-9,13H,4-5,7H2,1-3H3,(H,14,17). The van der Waals surface area contributed by atoms with Crippen molar-refractivity contribution in [2.45, 2.75) is 17.4 Å². The van der Waals surface area contributed by atoms with Gasteiger partial charge in [-0.05, 0) is 19.5 Å².